The molecule has 8 heteroatoms. The number of ketones is 1. The van der Waals surface area contributed by atoms with Gasteiger partial charge in [-0.15, -0.1) is 0 Å². The average molecular weight is 347 g/mol. The molecule has 0 saturated heterocycles. The molecule has 8 nitrogen and oxygen atoms in total. The summed E-state index contributed by atoms with van der Waals surface area (Å²) in [6.07, 6.45) is 1.30. The SMILES string of the molecule is COC[C@@H](C)n1c(C)cc(C(=O)COc2cccnc2[N+](=O)[O-])c1C. The number of carbonyl (C=O) groups is 1. The molecule has 0 aromatic carbocycles. The molecule has 2 aromatic heterocycles. The summed E-state index contributed by atoms with van der Waals surface area (Å²) >= 11 is 0. The first kappa shape index (κ1) is 18.6. The summed E-state index contributed by atoms with van der Waals surface area (Å²) < 4.78 is 12.5. The number of ether oxygens (including phenoxy) is 2. The molecule has 2 heterocycles. The first-order valence-corrected chi connectivity index (χ1v) is 7.79. The minimum Gasteiger partial charge on any atom is -0.477 e. The molecule has 25 heavy (non-hydrogen) atoms. The normalized spacial score (nSPS) is 12.0. The monoisotopic (exact) mass is 347 g/mol. The Morgan fingerprint density at radius 2 is 2.16 bits per heavy atom. The number of aryl methyl sites for hydroxylation is 1. The Kier molecular flexibility index (Phi) is 5.87. The number of Topliss-reactive ketones (excluding diaryl/α,β-unsaturated/α-hetero) is 1. The third kappa shape index (κ3) is 4.03. The van der Waals surface area contributed by atoms with E-state index in [0.717, 1.165) is 11.4 Å². The molecular formula is C17H21N3O5. The van der Waals surface area contributed by atoms with Gasteiger partial charge in [0.05, 0.1) is 12.6 Å². The Morgan fingerprint density at radius 3 is 2.80 bits per heavy atom. The lowest BCUT2D eigenvalue weighted by atomic mass is 10.1. The van der Waals surface area contributed by atoms with Gasteiger partial charge < -0.3 is 24.2 Å². The summed E-state index contributed by atoms with van der Waals surface area (Å²) in [7, 11) is 1.63. The highest BCUT2D eigenvalue weighted by molar-refractivity contribution is 5.98. The predicted octanol–water partition coefficient (Wildman–Crippen LogP) is 2.88. The van der Waals surface area contributed by atoms with Crippen LogP contribution in [0.2, 0.25) is 0 Å². The van der Waals surface area contributed by atoms with Crippen molar-refractivity contribution >= 4 is 11.6 Å². The van der Waals surface area contributed by atoms with Crippen LogP contribution in [0.1, 0.15) is 34.7 Å². The molecule has 0 aliphatic carbocycles. The lowest BCUT2D eigenvalue weighted by Crippen LogP contribution is -2.16. The van der Waals surface area contributed by atoms with Gasteiger partial charge in [0, 0.05) is 24.1 Å². The topological polar surface area (TPSA) is 96.5 Å². The van der Waals surface area contributed by atoms with Gasteiger partial charge in [0.25, 0.3) is 0 Å². The Bertz CT molecular complexity index is 785. The molecule has 0 unspecified atom stereocenters. The lowest BCUT2D eigenvalue weighted by molar-refractivity contribution is -0.390. The van der Waals surface area contributed by atoms with Gasteiger partial charge in [-0.1, -0.05) is 0 Å². The van der Waals surface area contributed by atoms with Crippen LogP contribution in [-0.4, -0.2) is 40.6 Å². The first-order chi connectivity index (χ1) is 11.9. The van der Waals surface area contributed by atoms with E-state index in [9.17, 15) is 14.9 Å². The van der Waals surface area contributed by atoms with Gasteiger partial charge in [-0.05, 0) is 48.9 Å². The Morgan fingerprint density at radius 1 is 1.44 bits per heavy atom. The summed E-state index contributed by atoms with van der Waals surface area (Å²) in [5.74, 6) is -0.681. The molecule has 0 saturated carbocycles. The van der Waals surface area contributed by atoms with E-state index >= 15 is 0 Å². The maximum absolute atomic E-state index is 12.5. The molecule has 134 valence electrons. The molecule has 0 aliphatic rings. The van der Waals surface area contributed by atoms with Gasteiger partial charge in [0.1, 0.15) is 6.20 Å². The summed E-state index contributed by atoms with van der Waals surface area (Å²) in [6, 6.07) is 4.82. The lowest BCUT2D eigenvalue weighted by Gasteiger charge is -2.17. The second kappa shape index (κ2) is 7.89. The Hall–Kier alpha value is -2.74. The standard InChI is InChI=1S/C17H21N3O5/c1-11-8-14(13(3)19(11)12(2)9-24-4)15(21)10-25-16-6-5-7-18-17(16)20(22)23/h5-8,12H,9-10H2,1-4H3/t12-/m1/s1. The molecular weight excluding hydrogens is 326 g/mol. The third-order valence-corrected chi connectivity index (χ3v) is 3.92. The molecule has 0 N–H and O–H groups in total. The summed E-state index contributed by atoms with van der Waals surface area (Å²) in [4.78, 5) is 26.5. The minimum atomic E-state index is -0.641. The molecule has 0 spiro atoms. The van der Waals surface area contributed by atoms with Crippen LogP contribution >= 0.6 is 0 Å². The van der Waals surface area contributed by atoms with E-state index in [1.54, 1.807) is 13.2 Å². The van der Waals surface area contributed by atoms with E-state index in [0.29, 0.717) is 12.2 Å². The Balaban J connectivity index is 2.17. The summed E-state index contributed by atoms with van der Waals surface area (Å²) in [6.45, 7) is 6.02. The molecule has 2 rings (SSSR count). The molecule has 0 aliphatic heterocycles. The van der Waals surface area contributed by atoms with Crippen molar-refractivity contribution in [3.05, 3.63) is 51.5 Å². The van der Waals surface area contributed by atoms with Crippen molar-refractivity contribution in [3.63, 3.8) is 0 Å². The number of hydrogen-bond donors (Lipinski definition) is 0. The van der Waals surface area contributed by atoms with Gasteiger partial charge in [-0.2, -0.15) is 0 Å². The fourth-order valence-corrected chi connectivity index (χ4v) is 2.91. The van der Waals surface area contributed by atoms with Crippen molar-refractivity contribution in [3.8, 4) is 5.75 Å². The van der Waals surface area contributed by atoms with E-state index < -0.39 is 10.7 Å². The van der Waals surface area contributed by atoms with Crippen LogP contribution in [0.3, 0.4) is 0 Å². The van der Waals surface area contributed by atoms with Crippen LogP contribution in [0.25, 0.3) is 0 Å². The quantitative estimate of drug-likeness (QED) is 0.414. The number of pyridine rings is 1. The highest BCUT2D eigenvalue weighted by Crippen LogP contribution is 2.24. The number of nitrogens with zero attached hydrogens (tertiary/aromatic N) is 3. The van der Waals surface area contributed by atoms with Gasteiger partial charge >= 0.3 is 5.82 Å². The fraction of sp³-hybridized carbons (Fsp3) is 0.412. The highest BCUT2D eigenvalue weighted by Gasteiger charge is 2.21. The molecule has 0 fully saturated rings. The molecule has 0 bridgehead atoms. The maximum Gasteiger partial charge on any atom is 0.406 e. The fourth-order valence-electron chi connectivity index (χ4n) is 2.91. The summed E-state index contributed by atoms with van der Waals surface area (Å²) in [5, 5.41) is 10.9. The van der Waals surface area contributed by atoms with Gasteiger partial charge in [-0.3, -0.25) is 4.79 Å². The second-order valence-corrected chi connectivity index (χ2v) is 5.75. The number of nitro groups is 1. The van der Waals surface area contributed by atoms with Crippen LogP contribution in [0, 0.1) is 24.0 Å². The van der Waals surface area contributed by atoms with E-state index in [4.69, 9.17) is 9.47 Å². The number of rotatable bonds is 8. The molecule has 1 atom stereocenters. The first-order valence-electron chi connectivity index (χ1n) is 7.79. The number of carbonyl (C=O) groups excluding carboxylic acids is 1. The van der Waals surface area contributed by atoms with E-state index in [1.807, 2.05) is 25.3 Å². The largest absolute Gasteiger partial charge is 0.477 e. The maximum atomic E-state index is 12.5. The van der Waals surface area contributed by atoms with Crippen molar-refractivity contribution in [2.24, 2.45) is 0 Å². The summed E-state index contributed by atoms with van der Waals surface area (Å²) in [5.41, 5.74) is 2.29. The average Bonchev–Trinajstić information content (AvgIpc) is 2.87. The van der Waals surface area contributed by atoms with E-state index in [-0.39, 0.29) is 24.2 Å². The zero-order chi connectivity index (χ0) is 18.6. The van der Waals surface area contributed by atoms with E-state index in [2.05, 4.69) is 4.98 Å². The highest BCUT2D eigenvalue weighted by atomic mass is 16.6. The van der Waals surface area contributed by atoms with Crippen molar-refractivity contribution in [1.29, 1.82) is 0 Å². The van der Waals surface area contributed by atoms with Crippen molar-refractivity contribution in [2.75, 3.05) is 20.3 Å². The van der Waals surface area contributed by atoms with Crippen molar-refractivity contribution < 1.29 is 19.2 Å². The number of hydrogen-bond acceptors (Lipinski definition) is 6. The third-order valence-electron chi connectivity index (χ3n) is 3.92. The zero-order valence-electron chi connectivity index (χ0n) is 14.7. The van der Waals surface area contributed by atoms with Gasteiger partial charge in [-0.25, -0.2) is 0 Å². The predicted molar refractivity (Wildman–Crippen MR) is 91.2 cm³/mol. The van der Waals surface area contributed by atoms with Gasteiger partial charge in [0.2, 0.25) is 11.5 Å². The molecule has 0 amide bonds. The smallest absolute Gasteiger partial charge is 0.406 e. The van der Waals surface area contributed by atoms with E-state index in [1.165, 1.54) is 18.3 Å². The minimum absolute atomic E-state index is 0.0255. The number of aromatic nitrogens is 2. The molecule has 0 radical (unpaired) electrons. The Labute approximate surface area is 145 Å². The van der Waals surface area contributed by atoms with Crippen molar-refractivity contribution in [1.82, 2.24) is 9.55 Å². The van der Waals surface area contributed by atoms with Crippen LogP contribution in [-0.2, 0) is 4.74 Å². The molecule has 2 aromatic rings. The van der Waals surface area contributed by atoms with Gasteiger partial charge in [0.15, 0.2) is 6.61 Å². The zero-order valence-corrected chi connectivity index (χ0v) is 14.7. The second-order valence-electron chi connectivity index (χ2n) is 5.75. The van der Waals surface area contributed by atoms with Crippen LogP contribution in [0.4, 0.5) is 5.82 Å². The van der Waals surface area contributed by atoms with Crippen LogP contribution in [0.5, 0.6) is 5.75 Å². The number of methoxy groups -OCH3 is 1. The van der Waals surface area contributed by atoms with Crippen molar-refractivity contribution in [2.45, 2.75) is 26.8 Å². The van der Waals surface area contributed by atoms with Crippen LogP contribution in [0.15, 0.2) is 24.4 Å². The van der Waals surface area contributed by atoms with Crippen LogP contribution < -0.4 is 4.74 Å².